The van der Waals surface area contributed by atoms with Crippen molar-refractivity contribution < 1.29 is 13.6 Å². The summed E-state index contributed by atoms with van der Waals surface area (Å²) in [5.74, 6) is 0. The lowest BCUT2D eigenvalue weighted by molar-refractivity contribution is 0.230. The SMILES string of the molecule is CCOP(=O)(OCC)c1ccc(C(C)(C)C)nc1. The molecule has 0 N–H and O–H groups in total. The third-order valence-electron chi connectivity index (χ3n) is 2.43. The molecule has 0 fully saturated rings. The molecule has 0 aliphatic heterocycles. The van der Waals surface area contributed by atoms with Crippen LogP contribution in [-0.2, 0) is 19.0 Å². The molecule has 1 aromatic heterocycles. The summed E-state index contributed by atoms with van der Waals surface area (Å²) < 4.78 is 23.0. The maximum atomic E-state index is 12.5. The van der Waals surface area contributed by atoms with Crippen molar-refractivity contribution in [3.8, 4) is 0 Å². The molecule has 102 valence electrons. The van der Waals surface area contributed by atoms with Crippen LogP contribution in [0, 0.1) is 0 Å². The third kappa shape index (κ3) is 3.64. The molecule has 18 heavy (non-hydrogen) atoms. The zero-order valence-electron chi connectivity index (χ0n) is 11.8. The highest BCUT2D eigenvalue weighted by atomic mass is 31.2. The molecular formula is C13H22NO3P. The van der Waals surface area contributed by atoms with Crippen LogP contribution in [-0.4, -0.2) is 18.2 Å². The number of nitrogens with zero attached hydrogens (tertiary/aromatic N) is 1. The predicted molar refractivity (Wildman–Crippen MR) is 73.4 cm³/mol. The van der Waals surface area contributed by atoms with Crippen molar-refractivity contribution in [1.82, 2.24) is 4.98 Å². The molecule has 0 saturated carbocycles. The Hall–Kier alpha value is -0.700. The smallest absolute Gasteiger partial charge is 0.305 e. The van der Waals surface area contributed by atoms with Gasteiger partial charge >= 0.3 is 7.60 Å². The van der Waals surface area contributed by atoms with E-state index < -0.39 is 7.60 Å². The van der Waals surface area contributed by atoms with E-state index in [1.54, 1.807) is 26.1 Å². The van der Waals surface area contributed by atoms with Gasteiger partial charge in [0.05, 0.1) is 18.5 Å². The molecule has 1 aromatic rings. The molecule has 0 unspecified atom stereocenters. The maximum Gasteiger partial charge on any atom is 0.362 e. The lowest BCUT2D eigenvalue weighted by Gasteiger charge is -2.20. The van der Waals surface area contributed by atoms with E-state index in [0.717, 1.165) is 5.69 Å². The second-order valence-electron chi connectivity index (χ2n) is 4.98. The fourth-order valence-corrected chi connectivity index (χ4v) is 3.03. The van der Waals surface area contributed by atoms with Gasteiger partial charge in [-0.25, -0.2) is 0 Å². The van der Waals surface area contributed by atoms with E-state index in [4.69, 9.17) is 9.05 Å². The predicted octanol–water partition coefficient (Wildman–Crippen LogP) is 3.27. The largest absolute Gasteiger partial charge is 0.362 e. The fourth-order valence-electron chi connectivity index (χ4n) is 1.52. The van der Waals surface area contributed by atoms with Crippen LogP contribution in [0.4, 0.5) is 0 Å². The maximum absolute atomic E-state index is 12.5. The van der Waals surface area contributed by atoms with Crippen molar-refractivity contribution in [2.24, 2.45) is 0 Å². The molecule has 4 nitrogen and oxygen atoms in total. The molecule has 0 saturated heterocycles. The molecule has 0 radical (unpaired) electrons. The van der Waals surface area contributed by atoms with Crippen molar-refractivity contribution in [2.75, 3.05) is 13.2 Å². The Balaban J connectivity index is 3.05. The van der Waals surface area contributed by atoms with Gasteiger partial charge in [0.15, 0.2) is 0 Å². The average Bonchev–Trinajstić information content (AvgIpc) is 2.29. The standard InChI is InChI=1S/C13H22NO3P/c1-6-16-18(15,17-7-2)11-8-9-12(14-10-11)13(3,4)5/h8-10H,6-7H2,1-5H3. The zero-order chi connectivity index (χ0) is 13.8. The quantitative estimate of drug-likeness (QED) is 0.771. The summed E-state index contributed by atoms with van der Waals surface area (Å²) in [6, 6.07) is 3.65. The van der Waals surface area contributed by atoms with Gasteiger partial charge in [-0.1, -0.05) is 20.8 Å². The molecule has 1 heterocycles. The van der Waals surface area contributed by atoms with Crippen LogP contribution in [0.5, 0.6) is 0 Å². The Morgan fingerprint density at radius 1 is 1.17 bits per heavy atom. The molecular weight excluding hydrogens is 249 g/mol. The van der Waals surface area contributed by atoms with Crippen LogP contribution in [0.15, 0.2) is 18.3 Å². The summed E-state index contributed by atoms with van der Waals surface area (Å²) in [5, 5.41) is 0.513. The summed E-state index contributed by atoms with van der Waals surface area (Å²) >= 11 is 0. The second-order valence-corrected chi connectivity index (χ2v) is 7.01. The van der Waals surface area contributed by atoms with Gasteiger partial charge in [0.1, 0.15) is 0 Å². The summed E-state index contributed by atoms with van der Waals surface area (Å²) in [6.45, 7) is 10.5. The number of rotatable bonds is 5. The van der Waals surface area contributed by atoms with Gasteiger partial charge < -0.3 is 9.05 Å². The summed E-state index contributed by atoms with van der Waals surface area (Å²) in [6.07, 6.45) is 1.59. The summed E-state index contributed by atoms with van der Waals surface area (Å²) in [7, 11) is -3.21. The van der Waals surface area contributed by atoms with Crippen molar-refractivity contribution >= 4 is 12.9 Å². The highest BCUT2D eigenvalue weighted by Gasteiger charge is 2.27. The van der Waals surface area contributed by atoms with Crippen molar-refractivity contribution in [2.45, 2.75) is 40.0 Å². The monoisotopic (exact) mass is 271 g/mol. The van der Waals surface area contributed by atoms with E-state index in [2.05, 4.69) is 25.8 Å². The van der Waals surface area contributed by atoms with Gasteiger partial charge in [0.2, 0.25) is 0 Å². The van der Waals surface area contributed by atoms with Crippen LogP contribution < -0.4 is 5.30 Å². The highest BCUT2D eigenvalue weighted by molar-refractivity contribution is 7.62. The Morgan fingerprint density at radius 3 is 2.06 bits per heavy atom. The van der Waals surface area contributed by atoms with Gasteiger partial charge in [0.25, 0.3) is 0 Å². The normalized spacial score (nSPS) is 12.7. The number of hydrogen-bond acceptors (Lipinski definition) is 4. The molecule has 0 aliphatic carbocycles. The van der Waals surface area contributed by atoms with Crippen LogP contribution in [0.3, 0.4) is 0 Å². The molecule has 0 atom stereocenters. The lowest BCUT2D eigenvalue weighted by Crippen LogP contribution is -2.17. The van der Waals surface area contributed by atoms with Crippen molar-refractivity contribution in [3.05, 3.63) is 24.0 Å². The fraction of sp³-hybridized carbons (Fsp3) is 0.615. The van der Waals surface area contributed by atoms with E-state index >= 15 is 0 Å². The van der Waals surface area contributed by atoms with E-state index in [-0.39, 0.29) is 5.41 Å². The van der Waals surface area contributed by atoms with Crippen LogP contribution in [0.1, 0.15) is 40.3 Å². The minimum Gasteiger partial charge on any atom is -0.305 e. The molecule has 5 heteroatoms. The Kier molecular flexibility index (Phi) is 5.09. The molecule has 0 amide bonds. The third-order valence-corrected chi connectivity index (χ3v) is 4.52. The molecule has 0 aromatic carbocycles. The van der Waals surface area contributed by atoms with Crippen LogP contribution in [0.2, 0.25) is 0 Å². The van der Waals surface area contributed by atoms with Crippen molar-refractivity contribution in [1.29, 1.82) is 0 Å². The Bertz CT molecular complexity index is 413. The molecule has 1 rings (SSSR count). The van der Waals surface area contributed by atoms with Gasteiger partial charge in [-0.05, 0) is 26.0 Å². The Morgan fingerprint density at radius 2 is 1.72 bits per heavy atom. The first-order valence-corrected chi connectivity index (χ1v) is 7.74. The Labute approximate surface area is 109 Å². The molecule has 0 aliphatic rings. The van der Waals surface area contributed by atoms with Gasteiger partial charge in [0, 0.05) is 17.3 Å². The summed E-state index contributed by atoms with van der Waals surface area (Å²) in [4.78, 5) is 4.35. The van der Waals surface area contributed by atoms with Crippen molar-refractivity contribution in [3.63, 3.8) is 0 Å². The van der Waals surface area contributed by atoms with E-state index in [9.17, 15) is 4.57 Å². The van der Waals surface area contributed by atoms with Crippen LogP contribution in [0.25, 0.3) is 0 Å². The summed E-state index contributed by atoms with van der Waals surface area (Å²) in [5.41, 5.74) is 0.922. The molecule has 0 bridgehead atoms. The van der Waals surface area contributed by atoms with Crippen LogP contribution >= 0.6 is 7.60 Å². The van der Waals surface area contributed by atoms with E-state index in [1.807, 2.05) is 6.07 Å². The van der Waals surface area contributed by atoms with E-state index in [1.165, 1.54) is 0 Å². The lowest BCUT2D eigenvalue weighted by atomic mass is 9.92. The first-order valence-electron chi connectivity index (χ1n) is 6.19. The topological polar surface area (TPSA) is 48.4 Å². The number of aromatic nitrogens is 1. The highest BCUT2D eigenvalue weighted by Crippen LogP contribution is 2.46. The average molecular weight is 271 g/mol. The zero-order valence-corrected chi connectivity index (χ0v) is 12.7. The van der Waals surface area contributed by atoms with E-state index in [0.29, 0.717) is 18.5 Å². The first-order chi connectivity index (χ1) is 8.33. The number of hydrogen-bond donors (Lipinski definition) is 0. The minimum atomic E-state index is -3.21. The molecule has 0 spiro atoms. The second kappa shape index (κ2) is 5.96. The minimum absolute atomic E-state index is 0.0280. The van der Waals surface area contributed by atoms with Gasteiger partial charge in [-0.2, -0.15) is 0 Å². The first kappa shape index (κ1) is 15.4. The number of pyridine rings is 1. The van der Waals surface area contributed by atoms with Gasteiger partial charge in [-0.15, -0.1) is 0 Å². The van der Waals surface area contributed by atoms with Gasteiger partial charge in [-0.3, -0.25) is 9.55 Å².